The second-order valence-corrected chi connectivity index (χ2v) is 5.55. The summed E-state index contributed by atoms with van der Waals surface area (Å²) in [5.74, 6) is 1.79. The van der Waals surface area contributed by atoms with E-state index in [4.69, 9.17) is 14.7 Å². The molecule has 23 heavy (non-hydrogen) atoms. The summed E-state index contributed by atoms with van der Waals surface area (Å²) in [6.45, 7) is 9.34. The highest BCUT2D eigenvalue weighted by molar-refractivity contribution is 5.65. The summed E-state index contributed by atoms with van der Waals surface area (Å²) in [5, 5.41) is 0. The summed E-state index contributed by atoms with van der Waals surface area (Å²) >= 11 is 0. The number of ether oxygens (including phenoxy) is 1. The van der Waals surface area contributed by atoms with E-state index in [9.17, 15) is 0 Å². The fourth-order valence-corrected chi connectivity index (χ4v) is 2.79. The maximum Gasteiger partial charge on any atom is 0.228 e. The molecule has 0 unspecified atom stereocenters. The van der Waals surface area contributed by atoms with Crippen molar-refractivity contribution < 1.29 is 4.74 Å². The molecule has 1 aromatic heterocycles. The van der Waals surface area contributed by atoms with Crippen molar-refractivity contribution >= 4 is 11.8 Å². The highest BCUT2D eigenvalue weighted by Gasteiger charge is 2.17. The van der Waals surface area contributed by atoms with Crippen molar-refractivity contribution in [2.75, 3.05) is 49.2 Å². The van der Waals surface area contributed by atoms with E-state index in [1.807, 2.05) is 18.2 Å². The highest BCUT2D eigenvalue weighted by atomic mass is 16.5. The van der Waals surface area contributed by atoms with Gasteiger partial charge < -0.3 is 14.5 Å². The molecule has 0 aliphatic carbocycles. The van der Waals surface area contributed by atoms with Crippen LogP contribution in [0.5, 0.6) is 0 Å². The topological polar surface area (TPSA) is 41.5 Å². The summed E-state index contributed by atoms with van der Waals surface area (Å²) in [6.07, 6.45) is 0. The molecule has 0 N–H and O–H groups in total. The van der Waals surface area contributed by atoms with E-state index in [1.54, 1.807) is 0 Å². The first-order valence-electron chi connectivity index (χ1n) is 8.34. The van der Waals surface area contributed by atoms with Crippen LogP contribution < -0.4 is 9.80 Å². The Morgan fingerprint density at radius 3 is 2.39 bits per heavy atom. The SMILES string of the molecule is CCN(CC)c1cc(-c2ccccc2)nc(N2CCOCC2)n1. The Morgan fingerprint density at radius 1 is 1.04 bits per heavy atom. The lowest BCUT2D eigenvalue weighted by molar-refractivity contribution is 0.122. The molecular formula is C18H24N4O. The molecule has 0 bridgehead atoms. The number of hydrogen-bond acceptors (Lipinski definition) is 5. The highest BCUT2D eigenvalue weighted by Crippen LogP contribution is 2.25. The van der Waals surface area contributed by atoms with Crippen LogP contribution in [0.15, 0.2) is 36.4 Å². The zero-order valence-electron chi connectivity index (χ0n) is 13.9. The first-order valence-corrected chi connectivity index (χ1v) is 8.34. The molecule has 0 saturated carbocycles. The predicted octanol–water partition coefficient (Wildman–Crippen LogP) is 2.83. The van der Waals surface area contributed by atoms with Gasteiger partial charge in [-0.2, -0.15) is 4.98 Å². The Morgan fingerprint density at radius 2 is 1.74 bits per heavy atom. The van der Waals surface area contributed by atoms with Crippen LogP contribution in [0, 0.1) is 0 Å². The number of benzene rings is 1. The number of hydrogen-bond donors (Lipinski definition) is 0. The average Bonchev–Trinajstić information content (AvgIpc) is 2.64. The van der Waals surface area contributed by atoms with E-state index >= 15 is 0 Å². The second-order valence-electron chi connectivity index (χ2n) is 5.55. The van der Waals surface area contributed by atoms with Crippen LogP contribution in [0.3, 0.4) is 0 Å². The zero-order valence-corrected chi connectivity index (χ0v) is 13.9. The minimum atomic E-state index is 0.736. The van der Waals surface area contributed by atoms with Crippen molar-refractivity contribution in [2.45, 2.75) is 13.8 Å². The molecule has 5 nitrogen and oxygen atoms in total. The van der Waals surface area contributed by atoms with Crippen LogP contribution >= 0.6 is 0 Å². The molecule has 2 heterocycles. The first-order chi connectivity index (χ1) is 11.3. The molecule has 0 atom stereocenters. The summed E-state index contributed by atoms with van der Waals surface area (Å²) in [4.78, 5) is 14.1. The number of aromatic nitrogens is 2. The van der Waals surface area contributed by atoms with Crippen molar-refractivity contribution in [1.29, 1.82) is 0 Å². The second kappa shape index (κ2) is 7.42. The molecule has 122 valence electrons. The molecule has 0 radical (unpaired) electrons. The van der Waals surface area contributed by atoms with E-state index in [1.165, 1.54) is 0 Å². The molecule has 1 aromatic carbocycles. The summed E-state index contributed by atoms with van der Waals surface area (Å²) < 4.78 is 5.45. The molecule has 1 fully saturated rings. The fourth-order valence-electron chi connectivity index (χ4n) is 2.79. The maximum absolute atomic E-state index is 5.45. The van der Waals surface area contributed by atoms with E-state index in [-0.39, 0.29) is 0 Å². The Balaban J connectivity index is 2.02. The smallest absolute Gasteiger partial charge is 0.228 e. The lowest BCUT2D eigenvalue weighted by Gasteiger charge is -2.29. The standard InChI is InChI=1S/C18H24N4O/c1-3-21(4-2)17-14-16(15-8-6-5-7-9-15)19-18(20-17)22-10-12-23-13-11-22/h5-9,14H,3-4,10-13H2,1-2H3. The quantitative estimate of drug-likeness (QED) is 0.849. The number of morpholine rings is 1. The van der Waals surface area contributed by atoms with Crippen LogP contribution in [0.4, 0.5) is 11.8 Å². The van der Waals surface area contributed by atoms with Gasteiger partial charge in [-0.15, -0.1) is 0 Å². The van der Waals surface area contributed by atoms with Gasteiger partial charge in [-0.05, 0) is 13.8 Å². The lowest BCUT2D eigenvalue weighted by atomic mass is 10.1. The molecule has 0 amide bonds. The van der Waals surface area contributed by atoms with E-state index < -0.39 is 0 Å². The molecule has 1 saturated heterocycles. The molecular weight excluding hydrogens is 288 g/mol. The van der Waals surface area contributed by atoms with Gasteiger partial charge in [0.2, 0.25) is 5.95 Å². The molecule has 1 aliphatic heterocycles. The van der Waals surface area contributed by atoms with Crippen LogP contribution in [-0.2, 0) is 4.74 Å². The zero-order chi connectivity index (χ0) is 16.1. The third-order valence-electron chi connectivity index (χ3n) is 4.15. The van der Waals surface area contributed by atoms with Crippen molar-refractivity contribution in [3.8, 4) is 11.3 Å². The van der Waals surface area contributed by atoms with Gasteiger partial charge in [-0.25, -0.2) is 4.98 Å². The fraction of sp³-hybridized carbons (Fsp3) is 0.444. The van der Waals surface area contributed by atoms with Gasteiger partial charge in [-0.3, -0.25) is 0 Å². The van der Waals surface area contributed by atoms with Crippen molar-refractivity contribution in [3.63, 3.8) is 0 Å². The summed E-state index contributed by atoms with van der Waals surface area (Å²) in [5.41, 5.74) is 2.10. The van der Waals surface area contributed by atoms with Crippen molar-refractivity contribution in [2.24, 2.45) is 0 Å². The van der Waals surface area contributed by atoms with E-state index in [0.29, 0.717) is 0 Å². The number of anilines is 2. The minimum absolute atomic E-state index is 0.736. The van der Waals surface area contributed by atoms with Crippen LogP contribution in [0.25, 0.3) is 11.3 Å². The first kappa shape index (κ1) is 15.7. The Labute approximate surface area is 137 Å². The summed E-state index contributed by atoms with van der Waals surface area (Å²) in [7, 11) is 0. The van der Waals surface area contributed by atoms with E-state index in [0.717, 1.165) is 62.4 Å². The lowest BCUT2D eigenvalue weighted by Crippen LogP contribution is -2.37. The van der Waals surface area contributed by atoms with Gasteiger partial charge in [0, 0.05) is 37.8 Å². The summed E-state index contributed by atoms with van der Waals surface area (Å²) in [6, 6.07) is 12.4. The molecule has 1 aliphatic rings. The largest absolute Gasteiger partial charge is 0.378 e. The maximum atomic E-state index is 5.45. The normalized spacial score (nSPS) is 14.8. The minimum Gasteiger partial charge on any atom is -0.378 e. The van der Waals surface area contributed by atoms with Gasteiger partial charge >= 0.3 is 0 Å². The third kappa shape index (κ3) is 3.62. The monoisotopic (exact) mass is 312 g/mol. The Hall–Kier alpha value is -2.14. The van der Waals surface area contributed by atoms with E-state index in [2.05, 4.69) is 41.8 Å². The van der Waals surface area contributed by atoms with Gasteiger partial charge in [-0.1, -0.05) is 30.3 Å². The van der Waals surface area contributed by atoms with Gasteiger partial charge in [0.15, 0.2) is 0 Å². The molecule has 0 spiro atoms. The van der Waals surface area contributed by atoms with Crippen molar-refractivity contribution in [1.82, 2.24) is 9.97 Å². The average molecular weight is 312 g/mol. The molecule has 3 rings (SSSR count). The van der Waals surface area contributed by atoms with Crippen LogP contribution in [0.2, 0.25) is 0 Å². The van der Waals surface area contributed by atoms with Crippen LogP contribution in [-0.4, -0.2) is 49.4 Å². The predicted molar refractivity (Wildman–Crippen MR) is 94.1 cm³/mol. The molecule has 5 heteroatoms. The number of rotatable bonds is 5. The number of nitrogens with zero attached hydrogens (tertiary/aromatic N) is 4. The molecule has 2 aromatic rings. The van der Waals surface area contributed by atoms with Crippen LogP contribution in [0.1, 0.15) is 13.8 Å². The van der Waals surface area contributed by atoms with Gasteiger partial charge in [0.25, 0.3) is 0 Å². The van der Waals surface area contributed by atoms with Gasteiger partial charge in [0.1, 0.15) is 5.82 Å². The van der Waals surface area contributed by atoms with Crippen molar-refractivity contribution in [3.05, 3.63) is 36.4 Å². The Kier molecular flexibility index (Phi) is 5.08. The Bertz CT molecular complexity index is 622. The third-order valence-corrected chi connectivity index (χ3v) is 4.15. The van der Waals surface area contributed by atoms with Gasteiger partial charge in [0.05, 0.1) is 18.9 Å².